The lowest BCUT2D eigenvalue weighted by atomic mass is 10.1. The summed E-state index contributed by atoms with van der Waals surface area (Å²) in [6.45, 7) is 2.46. The lowest BCUT2D eigenvalue weighted by Gasteiger charge is -2.18. The molecule has 3 rings (SSSR count). The number of carbonyl (C=O) groups is 2. The number of nitrogens with zero attached hydrogens (tertiary/aromatic N) is 2. The maximum atomic E-state index is 12.6. The van der Waals surface area contributed by atoms with E-state index in [2.05, 4.69) is 10.3 Å². The largest absolute Gasteiger partial charge is 0.326 e. The minimum Gasteiger partial charge on any atom is -0.326 e. The second-order valence-electron chi connectivity index (χ2n) is 5.19. The Balaban J connectivity index is 1.88. The Labute approximate surface area is 129 Å². The van der Waals surface area contributed by atoms with Crippen LogP contribution in [-0.4, -0.2) is 23.3 Å². The second-order valence-corrected chi connectivity index (χ2v) is 5.19. The van der Waals surface area contributed by atoms with Crippen LogP contribution in [0.2, 0.25) is 0 Å². The zero-order valence-corrected chi connectivity index (χ0v) is 12.4. The highest BCUT2D eigenvalue weighted by molar-refractivity contribution is 6.07. The van der Waals surface area contributed by atoms with Crippen LogP contribution in [0.15, 0.2) is 42.7 Å². The maximum absolute atomic E-state index is 12.6. The summed E-state index contributed by atoms with van der Waals surface area (Å²) in [6, 6.07) is 9.15. The number of amides is 2. The molecule has 0 fully saturated rings. The molecule has 112 valence electrons. The average Bonchev–Trinajstić information content (AvgIpc) is 2.98. The fourth-order valence-electron chi connectivity index (χ4n) is 2.57. The van der Waals surface area contributed by atoms with E-state index in [0.717, 1.165) is 23.4 Å². The number of benzene rings is 1. The number of carbonyl (C=O) groups excluding carboxylic acids is 2. The number of hydrogen-bond donors (Lipinski definition) is 1. The molecule has 0 saturated heterocycles. The van der Waals surface area contributed by atoms with Crippen LogP contribution in [0.1, 0.15) is 29.3 Å². The third kappa shape index (κ3) is 2.70. The van der Waals surface area contributed by atoms with Crippen LogP contribution in [0.3, 0.4) is 0 Å². The second kappa shape index (κ2) is 5.97. The average molecular weight is 295 g/mol. The van der Waals surface area contributed by atoms with Crippen molar-refractivity contribution in [1.29, 1.82) is 0 Å². The Morgan fingerprint density at radius 3 is 2.73 bits per heavy atom. The molecular formula is C17H17N3O2. The Kier molecular flexibility index (Phi) is 3.87. The van der Waals surface area contributed by atoms with Gasteiger partial charge in [0.15, 0.2) is 0 Å². The molecule has 1 aromatic heterocycles. The molecule has 0 unspecified atom stereocenters. The first-order chi connectivity index (χ1) is 10.7. The number of hydrogen-bond acceptors (Lipinski definition) is 3. The van der Waals surface area contributed by atoms with Crippen LogP contribution >= 0.6 is 0 Å². The molecule has 5 heteroatoms. The summed E-state index contributed by atoms with van der Waals surface area (Å²) < 4.78 is 0. The summed E-state index contributed by atoms with van der Waals surface area (Å²) in [6.07, 6.45) is 4.48. The number of fused-ring (bicyclic) bond motifs is 1. The summed E-state index contributed by atoms with van der Waals surface area (Å²) in [5, 5.41) is 2.83. The molecule has 1 aliphatic heterocycles. The maximum Gasteiger partial charge on any atom is 0.258 e. The van der Waals surface area contributed by atoms with Gasteiger partial charge in [0.1, 0.15) is 0 Å². The highest BCUT2D eigenvalue weighted by atomic mass is 16.2. The fraction of sp³-hybridized carbons (Fsp3) is 0.235. The Morgan fingerprint density at radius 2 is 2.00 bits per heavy atom. The van der Waals surface area contributed by atoms with Gasteiger partial charge in [-0.2, -0.15) is 0 Å². The molecule has 2 amide bonds. The van der Waals surface area contributed by atoms with Crippen molar-refractivity contribution >= 4 is 23.2 Å². The van der Waals surface area contributed by atoms with Crippen LogP contribution in [0.25, 0.3) is 0 Å². The van der Waals surface area contributed by atoms with Crippen molar-refractivity contribution < 1.29 is 9.59 Å². The van der Waals surface area contributed by atoms with Crippen molar-refractivity contribution in [1.82, 2.24) is 4.98 Å². The van der Waals surface area contributed by atoms with Gasteiger partial charge in [-0.25, -0.2) is 0 Å². The summed E-state index contributed by atoms with van der Waals surface area (Å²) in [5.41, 5.74) is 3.33. The van der Waals surface area contributed by atoms with Crippen molar-refractivity contribution in [3.63, 3.8) is 0 Å². The summed E-state index contributed by atoms with van der Waals surface area (Å²) in [4.78, 5) is 29.8. The highest BCUT2D eigenvalue weighted by Crippen LogP contribution is 2.32. The number of pyridine rings is 1. The van der Waals surface area contributed by atoms with Crippen LogP contribution in [0.4, 0.5) is 11.4 Å². The standard InChI is InChI=1S/C17H17N3O2/c1-2-16(21)19-14-4-3-12-7-10-20(15(12)11-14)17(22)13-5-8-18-9-6-13/h3-6,8-9,11H,2,7,10H2,1H3,(H,19,21). The molecule has 0 spiro atoms. The van der Waals surface area contributed by atoms with E-state index in [1.165, 1.54) is 0 Å². The van der Waals surface area contributed by atoms with E-state index < -0.39 is 0 Å². The molecule has 5 nitrogen and oxygen atoms in total. The molecule has 22 heavy (non-hydrogen) atoms. The smallest absolute Gasteiger partial charge is 0.258 e. The van der Waals surface area contributed by atoms with Crippen LogP contribution in [0.5, 0.6) is 0 Å². The van der Waals surface area contributed by atoms with Gasteiger partial charge in [0, 0.05) is 42.3 Å². The van der Waals surface area contributed by atoms with Gasteiger partial charge in [-0.15, -0.1) is 0 Å². The van der Waals surface area contributed by atoms with Gasteiger partial charge >= 0.3 is 0 Å². The Bertz CT molecular complexity index is 713. The van der Waals surface area contributed by atoms with Crippen LogP contribution in [-0.2, 0) is 11.2 Å². The Morgan fingerprint density at radius 1 is 1.23 bits per heavy atom. The number of anilines is 2. The SMILES string of the molecule is CCC(=O)Nc1ccc2c(c1)N(C(=O)c1ccncc1)CC2. The molecule has 2 aromatic rings. The van der Waals surface area contributed by atoms with Crippen LogP contribution < -0.4 is 10.2 Å². The van der Waals surface area contributed by atoms with Crippen molar-refractivity contribution in [2.45, 2.75) is 19.8 Å². The minimum absolute atomic E-state index is 0.0371. The first kappa shape index (κ1) is 14.3. The monoisotopic (exact) mass is 295 g/mol. The molecule has 0 bridgehead atoms. The first-order valence-corrected chi connectivity index (χ1v) is 7.33. The first-order valence-electron chi connectivity index (χ1n) is 7.33. The molecule has 1 N–H and O–H groups in total. The van der Waals surface area contributed by atoms with E-state index in [-0.39, 0.29) is 11.8 Å². The van der Waals surface area contributed by atoms with Gasteiger partial charge in [0.25, 0.3) is 5.91 Å². The Hall–Kier alpha value is -2.69. The van der Waals surface area contributed by atoms with E-state index in [0.29, 0.717) is 18.5 Å². The number of rotatable bonds is 3. The predicted octanol–water partition coefficient (Wildman–Crippen LogP) is 2.63. The van der Waals surface area contributed by atoms with E-state index >= 15 is 0 Å². The molecule has 1 aromatic carbocycles. The lowest BCUT2D eigenvalue weighted by Crippen LogP contribution is -2.28. The number of aromatic nitrogens is 1. The quantitative estimate of drug-likeness (QED) is 0.947. The van der Waals surface area contributed by atoms with Crippen molar-refractivity contribution in [3.05, 3.63) is 53.9 Å². The topological polar surface area (TPSA) is 62.3 Å². The van der Waals surface area contributed by atoms with Crippen molar-refractivity contribution in [3.8, 4) is 0 Å². The van der Waals surface area contributed by atoms with E-state index in [1.54, 1.807) is 29.4 Å². The van der Waals surface area contributed by atoms with E-state index in [1.807, 2.05) is 25.1 Å². The van der Waals surface area contributed by atoms with Gasteiger partial charge < -0.3 is 10.2 Å². The third-order valence-electron chi connectivity index (χ3n) is 3.76. The van der Waals surface area contributed by atoms with Gasteiger partial charge in [0.05, 0.1) is 0 Å². The zero-order valence-electron chi connectivity index (χ0n) is 12.4. The van der Waals surface area contributed by atoms with Gasteiger partial charge in [-0.3, -0.25) is 14.6 Å². The highest BCUT2D eigenvalue weighted by Gasteiger charge is 2.25. The third-order valence-corrected chi connectivity index (χ3v) is 3.76. The molecule has 0 radical (unpaired) electrons. The van der Waals surface area contributed by atoms with E-state index in [4.69, 9.17) is 0 Å². The van der Waals surface area contributed by atoms with Crippen LogP contribution in [0, 0.1) is 0 Å². The van der Waals surface area contributed by atoms with Gasteiger partial charge in [0.2, 0.25) is 5.91 Å². The van der Waals surface area contributed by atoms with Crippen molar-refractivity contribution in [2.75, 3.05) is 16.8 Å². The lowest BCUT2D eigenvalue weighted by molar-refractivity contribution is -0.115. The molecule has 0 aliphatic carbocycles. The minimum atomic E-state index is -0.0416. The molecule has 0 atom stereocenters. The van der Waals surface area contributed by atoms with Crippen molar-refractivity contribution in [2.24, 2.45) is 0 Å². The predicted molar refractivity (Wildman–Crippen MR) is 85.0 cm³/mol. The van der Waals surface area contributed by atoms with Gasteiger partial charge in [-0.05, 0) is 36.2 Å². The molecule has 1 aliphatic rings. The van der Waals surface area contributed by atoms with E-state index in [9.17, 15) is 9.59 Å². The normalized spacial score (nSPS) is 12.9. The number of nitrogens with one attached hydrogen (secondary N) is 1. The molecular weight excluding hydrogens is 278 g/mol. The van der Waals surface area contributed by atoms with Gasteiger partial charge in [-0.1, -0.05) is 13.0 Å². The molecule has 0 saturated carbocycles. The summed E-state index contributed by atoms with van der Waals surface area (Å²) in [5.74, 6) is -0.0786. The molecule has 2 heterocycles. The summed E-state index contributed by atoms with van der Waals surface area (Å²) >= 11 is 0. The summed E-state index contributed by atoms with van der Waals surface area (Å²) in [7, 11) is 0. The zero-order chi connectivity index (χ0) is 15.5. The fourth-order valence-corrected chi connectivity index (χ4v) is 2.57.